The van der Waals surface area contributed by atoms with E-state index in [0.717, 1.165) is 29.2 Å². The summed E-state index contributed by atoms with van der Waals surface area (Å²) in [6.45, 7) is 6.74. The van der Waals surface area contributed by atoms with Crippen molar-refractivity contribution in [3.8, 4) is 0 Å². The summed E-state index contributed by atoms with van der Waals surface area (Å²) in [5, 5.41) is 10.4. The number of aromatic nitrogens is 3. The van der Waals surface area contributed by atoms with Gasteiger partial charge in [-0.3, -0.25) is 0 Å². The molecule has 0 saturated heterocycles. The third-order valence-electron chi connectivity index (χ3n) is 3.00. The number of hydrogen-bond donors (Lipinski definition) is 0. The second-order valence-electron chi connectivity index (χ2n) is 4.18. The molecule has 2 rings (SSSR count). The van der Waals surface area contributed by atoms with E-state index in [4.69, 9.17) is 0 Å². The molecule has 0 aromatic carbocycles. The Balaban J connectivity index is 2.12. The van der Waals surface area contributed by atoms with Gasteiger partial charge in [0.25, 0.3) is 0 Å². The van der Waals surface area contributed by atoms with Gasteiger partial charge >= 0.3 is 0 Å². The van der Waals surface area contributed by atoms with E-state index in [2.05, 4.69) is 28.3 Å². The molecule has 4 heteroatoms. The van der Waals surface area contributed by atoms with E-state index in [1.165, 1.54) is 25.7 Å². The summed E-state index contributed by atoms with van der Waals surface area (Å²) in [4.78, 5) is 0. The molecule has 1 fully saturated rings. The van der Waals surface area contributed by atoms with E-state index in [1.54, 1.807) is 0 Å². The lowest BCUT2D eigenvalue weighted by molar-refractivity contribution is 0.682. The van der Waals surface area contributed by atoms with Crippen LogP contribution in [0.5, 0.6) is 0 Å². The minimum absolute atomic E-state index is 0.748. The summed E-state index contributed by atoms with van der Waals surface area (Å²) in [6, 6.07) is 0. The van der Waals surface area contributed by atoms with Crippen LogP contribution in [0.25, 0.3) is 0 Å². The van der Waals surface area contributed by atoms with Crippen molar-refractivity contribution in [2.45, 2.75) is 56.0 Å². The van der Waals surface area contributed by atoms with Gasteiger partial charge in [0.05, 0.1) is 0 Å². The summed E-state index contributed by atoms with van der Waals surface area (Å²) in [6.07, 6.45) is 8.25. The number of allylic oxidation sites excluding steroid dienone is 1. The monoisotopic (exact) mass is 237 g/mol. The normalized spacial score (nSPS) is 16.8. The quantitative estimate of drug-likeness (QED) is 0.737. The topological polar surface area (TPSA) is 30.7 Å². The Morgan fingerprint density at radius 2 is 2.19 bits per heavy atom. The van der Waals surface area contributed by atoms with Gasteiger partial charge in [-0.15, -0.1) is 16.8 Å². The van der Waals surface area contributed by atoms with E-state index in [1.807, 2.05) is 17.8 Å². The molecule has 0 N–H and O–H groups in total. The first-order valence-corrected chi connectivity index (χ1v) is 6.92. The highest BCUT2D eigenvalue weighted by molar-refractivity contribution is 7.99. The molecule has 0 atom stereocenters. The van der Waals surface area contributed by atoms with Crippen LogP contribution < -0.4 is 0 Å². The summed E-state index contributed by atoms with van der Waals surface area (Å²) in [5.41, 5.74) is 0. The first kappa shape index (κ1) is 11.7. The van der Waals surface area contributed by atoms with Crippen LogP contribution in [-0.2, 0) is 13.0 Å². The Labute approximate surface area is 101 Å². The molecule has 1 aliphatic rings. The van der Waals surface area contributed by atoms with Crippen molar-refractivity contribution in [3.63, 3.8) is 0 Å². The van der Waals surface area contributed by atoms with Crippen LogP contribution >= 0.6 is 11.8 Å². The SMILES string of the molecule is C=CCn1c(CC)nnc1SC1CCCC1. The number of rotatable bonds is 5. The number of thioether (sulfide) groups is 1. The lowest BCUT2D eigenvalue weighted by Crippen LogP contribution is -2.05. The number of hydrogen-bond acceptors (Lipinski definition) is 3. The van der Waals surface area contributed by atoms with Gasteiger partial charge in [-0.05, 0) is 12.8 Å². The fraction of sp³-hybridized carbons (Fsp3) is 0.667. The predicted octanol–water partition coefficient (Wildman–Crippen LogP) is 3.06. The fourth-order valence-electron chi connectivity index (χ4n) is 2.14. The van der Waals surface area contributed by atoms with Crippen molar-refractivity contribution in [3.05, 3.63) is 18.5 Å². The van der Waals surface area contributed by atoms with Crippen molar-refractivity contribution in [1.82, 2.24) is 14.8 Å². The van der Waals surface area contributed by atoms with Gasteiger partial charge < -0.3 is 4.57 Å². The van der Waals surface area contributed by atoms with Crippen LogP contribution in [0.2, 0.25) is 0 Å². The zero-order chi connectivity index (χ0) is 11.4. The minimum atomic E-state index is 0.748. The third-order valence-corrected chi connectivity index (χ3v) is 4.31. The molecule has 3 nitrogen and oxygen atoms in total. The third kappa shape index (κ3) is 2.48. The van der Waals surface area contributed by atoms with Crippen molar-refractivity contribution < 1.29 is 0 Å². The molecule has 1 heterocycles. The molecule has 16 heavy (non-hydrogen) atoms. The molecule has 1 aromatic rings. The fourth-order valence-corrected chi connectivity index (χ4v) is 3.40. The second kappa shape index (κ2) is 5.53. The van der Waals surface area contributed by atoms with Crippen LogP contribution in [0, 0.1) is 0 Å². The molecule has 88 valence electrons. The Morgan fingerprint density at radius 3 is 2.81 bits per heavy atom. The lowest BCUT2D eigenvalue weighted by Gasteiger charge is -2.09. The first-order chi connectivity index (χ1) is 7.85. The van der Waals surface area contributed by atoms with Crippen molar-refractivity contribution >= 4 is 11.8 Å². The lowest BCUT2D eigenvalue weighted by atomic mass is 10.4. The van der Waals surface area contributed by atoms with Gasteiger partial charge in [-0.2, -0.15) is 0 Å². The van der Waals surface area contributed by atoms with Gasteiger partial charge in [0, 0.05) is 18.2 Å². The van der Waals surface area contributed by atoms with Gasteiger partial charge in [0.2, 0.25) is 0 Å². The summed E-state index contributed by atoms with van der Waals surface area (Å²) in [5.74, 6) is 1.07. The molecule has 1 saturated carbocycles. The zero-order valence-electron chi connectivity index (χ0n) is 9.85. The average Bonchev–Trinajstić information content (AvgIpc) is 2.91. The number of nitrogens with zero attached hydrogens (tertiary/aromatic N) is 3. The highest BCUT2D eigenvalue weighted by atomic mass is 32.2. The standard InChI is InChI=1S/C12H19N3S/c1-3-9-15-11(4-2)13-14-12(15)16-10-7-5-6-8-10/h3,10H,1,4-9H2,2H3. The van der Waals surface area contributed by atoms with Gasteiger partial charge in [-0.1, -0.05) is 37.6 Å². The summed E-state index contributed by atoms with van der Waals surface area (Å²) < 4.78 is 2.19. The maximum Gasteiger partial charge on any atom is 0.191 e. The van der Waals surface area contributed by atoms with Gasteiger partial charge in [0.1, 0.15) is 5.82 Å². The maximum atomic E-state index is 4.30. The maximum absolute atomic E-state index is 4.30. The Morgan fingerprint density at radius 1 is 1.44 bits per heavy atom. The number of aryl methyl sites for hydroxylation is 1. The molecule has 0 bridgehead atoms. The molecule has 0 unspecified atom stereocenters. The highest BCUT2D eigenvalue weighted by Crippen LogP contribution is 2.33. The Kier molecular flexibility index (Phi) is 4.04. The van der Waals surface area contributed by atoms with E-state index in [0.29, 0.717) is 0 Å². The van der Waals surface area contributed by atoms with E-state index in [9.17, 15) is 0 Å². The van der Waals surface area contributed by atoms with Gasteiger partial charge in [0.15, 0.2) is 5.16 Å². The van der Waals surface area contributed by atoms with Crippen LogP contribution in [0.1, 0.15) is 38.4 Å². The van der Waals surface area contributed by atoms with Gasteiger partial charge in [-0.25, -0.2) is 0 Å². The molecular weight excluding hydrogens is 218 g/mol. The van der Waals surface area contributed by atoms with Crippen molar-refractivity contribution in [2.75, 3.05) is 0 Å². The highest BCUT2D eigenvalue weighted by Gasteiger charge is 2.20. The van der Waals surface area contributed by atoms with Crippen LogP contribution in [0.3, 0.4) is 0 Å². The van der Waals surface area contributed by atoms with Crippen LogP contribution in [0.15, 0.2) is 17.8 Å². The molecule has 0 spiro atoms. The Hall–Kier alpha value is -0.770. The van der Waals surface area contributed by atoms with Crippen molar-refractivity contribution in [1.29, 1.82) is 0 Å². The smallest absolute Gasteiger partial charge is 0.191 e. The van der Waals surface area contributed by atoms with E-state index < -0.39 is 0 Å². The second-order valence-corrected chi connectivity index (χ2v) is 5.44. The van der Waals surface area contributed by atoms with E-state index >= 15 is 0 Å². The molecule has 1 aliphatic carbocycles. The molecule has 0 amide bonds. The Bertz CT molecular complexity index is 353. The van der Waals surface area contributed by atoms with E-state index in [-0.39, 0.29) is 0 Å². The zero-order valence-corrected chi connectivity index (χ0v) is 10.7. The molecule has 0 radical (unpaired) electrons. The van der Waals surface area contributed by atoms with Crippen molar-refractivity contribution in [2.24, 2.45) is 0 Å². The minimum Gasteiger partial charge on any atom is -0.302 e. The first-order valence-electron chi connectivity index (χ1n) is 6.04. The summed E-state index contributed by atoms with van der Waals surface area (Å²) in [7, 11) is 0. The molecular formula is C12H19N3S. The molecule has 0 aliphatic heterocycles. The largest absolute Gasteiger partial charge is 0.302 e. The summed E-state index contributed by atoms with van der Waals surface area (Å²) >= 11 is 1.90. The predicted molar refractivity (Wildman–Crippen MR) is 67.7 cm³/mol. The molecule has 1 aromatic heterocycles. The average molecular weight is 237 g/mol. The van der Waals surface area contributed by atoms with Crippen LogP contribution in [-0.4, -0.2) is 20.0 Å². The van der Waals surface area contributed by atoms with Crippen LogP contribution in [0.4, 0.5) is 0 Å².